The third-order valence-corrected chi connectivity index (χ3v) is 6.55. The zero-order chi connectivity index (χ0) is 21.2. The van der Waals surface area contributed by atoms with Crippen LogP contribution in [0.25, 0.3) is 11.3 Å². The quantitative estimate of drug-likeness (QED) is 0.507. The molecule has 1 aromatic carbocycles. The van der Waals surface area contributed by atoms with Gasteiger partial charge in [0.15, 0.2) is 5.11 Å². The Hall–Kier alpha value is -2.86. The summed E-state index contributed by atoms with van der Waals surface area (Å²) in [6, 6.07) is 18.6. The lowest BCUT2D eigenvalue weighted by Gasteiger charge is -2.31. The van der Waals surface area contributed by atoms with Crippen LogP contribution in [0.3, 0.4) is 0 Å². The predicted octanol–water partition coefficient (Wildman–Crippen LogP) is 5.66. The molecule has 6 heteroatoms. The van der Waals surface area contributed by atoms with E-state index in [-0.39, 0.29) is 12.1 Å². The second-order valence-electron chi connectivity index (χ2n) is 8.13. The van der Waals surface area contributed by atoms with E-state index in [1.165, 1.54) is 25.7 Å². The van der Waals surface area contributed by atoms with Crippen LogP contribution in [0.15, 0.2) is 65.2 Å². The van der Waals surface area contributed by atoms with Crippen LogP contribution in [0.2, 0.25) is 0 Å². The van der Waals surface area contributed by atoms with E-state index in [9.17, 15) is 0 Å². The van der Waals surface area contributed by atoms with Gasteiger partial charge in [0.1, 0.15) is 23.3 Å². The first-order valence-corrected chi connectivity index (χ1v) is 11.5. The molecular weight excluding hydrogens is 406 g/mol. The molecule has 2 aliphatic rings. The van der Waals surface area contributed by atoms with E-state index in [1.54, 1.807) is 0 Å². The average Bonchev–Trinajstić information content (AvgIpc) is 3.55. The van der Waals surface area contributed by atoms with E-state index in [1.807, 2.05) is 49.5 Å². The molecule has 1 aliphatic heterocycles. The SMILES string of the molecule is CCOc1ccc(-c2ccc(C3C(c4ccccn4)NC(=S)N3C3CCCC3)o2)cc1. The number of pyridine rings is 1. The van der Waals surface area contributed by atoms with Crippen molar-refractivity contribution >= 4 is 17.3 Å². The second kappa shape index (κ2) is 8.71. The van der Waals surface area contributed by atoms with Crippen molar-refractivity contribution in [3.8, 4) is 17.1 Å². The first-order valence-electron chi connectivity index (χ1n) is 11.1. The number of aromatic nitrogens is 1. The van der Waals surface area contributed by atoms with Crippen LogP contribution in [0, 0.1) is 0 Å². The fourth-order valence-electron chi connectivity index (χ4n) is 4.79. The van der Waals surface area contributed by atoms with Crippen molar-refractivity contribution in [2.24, 2.45) is 0 Å². The number of nitrogens with zero attached hydrogens (tertiary/aromatic N) is 2. The number of thiocarbonyl (C=S) groups is 1. The summed E-state index contributed by atoms with van der Waals surface area (Å²) in [6.07, 6.45) is 6.67. The minimum atomic E-state index is -0.0337. The van der Waals surface area contributed by atoms with Crippen LogP contribution in [0.4, 0.5) is 0 Å². The van der Waals surface area contributed by atoms with Crippen molar-refractivity contribution in [3.63, 3.8) is 0 Å². The normalized spacial score (nSPS) is 21.5. The van der Waals surface area contributed by atoms with Gasteiger partial charge in [0.05, 0.1) is 18.3 Å². The molecule has 3 heterocycles. The van der Waals surface area contributed by atoms with Crippen molar-refractivity contribution < 1.29 is 9.15 Å². The van der Waals surface area contributed by atoms with Gasteiger partial charge in [0.2, 0.25) is 0 Å². The van der Waals surface area contributed by atoms with Crippen molar-refractivity contribution in [1.29, 1.82) is 0 Å². The van der Waals surface area contributed by atoms with Gasteiger partial charge in [0, 0.05) is 17.8 Å². The molecule has 2 unspecified atom stereocenters. The van der Waals surface area contributed by atoms with Crippen LogP contribution < -0.4 is 10.1 Å². The second-order valence-corrected chi connectivity index (χ2v) is 8.52. The largest absolute Gasteiger partial charge is 0.494 e. The monoisotopic (exact) mass is 433 g/mol. The number of rotatable bonds is 6. The lowest BCUT2D eigenvalue weighted by molar-refractivity contribution is 0.218. The molecule has 5 rings (SSSR count). The van der Waals surface area contributed by atoms with E-state index in [4.69, 9.17) is 21.4 Å². The Morgan fingerprint density at radius 3 is 2.61 bits per heavy atom. The molecule has 0 radical (unpaired) electrons. The summed E-state index contributed by atoms with van der Waals surface area (Å²) in [4.78, 5) is 6.98. The summed E-state index contributed by atoms with van der Waals surface area (Å²) >= 11 is 5.80. The van der Waals surface area contributed by atoms with Gasteiger partial charge in [-0.25, -0.2) is 0 Å². The molecule has 2 atom stereocenters. The number of furan rings is 1. The van der Waals surface area contributed by atoms with Crippen molar-refractivity contribution in [1.82, 2.24) is 15.2 Å². The maximum Gasteiger partial charge on any atom is 0.170 e. The first-order chi connectivity index (χ1) is 15.2. The van der Waals surface area contributed by atoms with Crippen molar-refractivity contribution in [2.45, 2.75) is 50.7 Å². The molecule has 0 bridgehead atoms. The first kappa shape index (κ1) is 20.1. The standard InChI is InChI=1S/C25H27N3O2S/c1-2-29-19-12-10-17(11-13-19)21-14-15-22(30-21)24-23(20-9-5-6-16-26-20)27-25(31)28(24)18-7-3-4-8-18/h5-6,9-16,18,23-24H,2-4,7-8H2,1H3,(H,27,31). The zero-order valence-electron chi connectivity index (χ0n) is 17.7. The van der Waals surface area contributed by atoms with E-state index in [0.717, 1.165) is 33.6 Å². The summed E-state index contributed by atoms with van der Waals surface area (Å²) in [7, 11) is 0. The van der Waals surface area contributed by atoms with E-state index in [2.05, 4.69) is 33.4 Å². The van der Waals surface area contributed by atoms with Gasteiger partial charge in [-0.2, -0.15) is 0 Å². The van der Waals surface area contributed by atoms with Crippen molar-refractivity contribution in [2.75, 3.05) is 6.61 Å². The summed E-state index contributed by atoms with van der Waals surface area (Å²) < 4.78 is 12.0. The molecule has 1 saturated carbocycles. The molecule has 160 valence electrons. The van der Waals surface area contributed by atoms with E-state index < -0.39 is 0 Å². The minimum absolute atomic E-state index is 0.0121. The highest BCUT2D eigenvalue weighted by Gasteiger charge is 2.45. The number of hydrogen-bond donors (Lipinski definition) is 1. The molecule has 1 aliphatic carbocycles. The molecule has 2 fully saturated rings. The maximum absolute atomic E-state index is 6.43. The molecule has 3 aromatic rings. The van der Waals surface area contributed by atoms with Gasteiger partial charge in [-0.15, -0.1) is 0 Å². The fraction of sp³-hybridized carbons (Fsp3) is 0.360. The summed E-state index contributed by atoms with van der Waals surface area (Å²) in [5, 5.41) is 4.33. The van der Waals surface area contributed by atoms with Crippen LogP contribution >= 0.6 is 12.2 Å². The van der Waals surface area contributed by atoms with E-state index in [0.29, 0.717) is 12.6 Å². The topological polar surface area (TPSA) is 50.5 Å². The Morgan fingerprint density at radius 1 is 1.10 bits per heavy atom. The van der Waals surface area contributed by atoms with Crippen LogP contribution in [0.1, 0.15) is 56.1 Å². The molecule has 0 spiro atoms. The third-order valence-electron chi connectivity index (χ3n) is 6.22. The Balaban J connectivity index is 1.49. The maximum atomic E-state index is 6.43. The molecule has 1 saturated heterocycles. The predicted molar refractivity (Wildman–Crippen MR) is 125 cm³/mol. The molecule has 5 nitrogen and oxygen atoms in total. The molecule has 2 aromatic heterocycles. The summed E-state index contributed by atoms with van der Waals surface area (Å²) in [5.41, 5.74) is 2.01. The molecular formula is C25H27N3O2S. The Labute approximate surface area is 188 Å². The van der Waals surface area contributed by atoms with Gasteiger partial charge in [0.25, 0.3) is 0 Å². The number of nitrogens with one attached hydrogen (secondary N) is 1. The van der Waals surface area contributed by atoms with Gasteiger partial charge in [-0.05, 0) is 80.5 Å². The fourth-order valence-corrected chi connectivity index (χ4v) is 5.18. The Bertz CT molecular complexity index is 1030. The smallest absolute Gasteiger partial charge is 0.170 e. The molecule has 31 heavy (non-hydrogen) atoms. The Kier molecular flexibility index (Phi) is 5.64. The van der Waals surface area contributed by atoms with Gasteiger partial charge >= 0.3 is 0 Å². The lowest BCUT2D eigenvalue weighted by Crippen LogP contribution is -2.37. The number of hydrogen-bond acceptors (Lipinski definition) is 4. The minimum Gasteiger partial charge on any atom is -0.494 e. The van der Waals surface area contributed by atoms with Gasteiger partial charge in [-0.3, -0.25) is 4.98 Å². The zero-order valence-corrected chi connectivity index (χ0v) is 18.5. The van der Waals surface area contributed by atoms with E-state index >= 15 is 0 Å². The van der Waals surface area contributed by atoms with Crippen LogP contribution in [-0.4, -0.2) is 27.6 Å². The highest BCUT2D eigenvalue weighted by atomic mass is 32.1. The average molecular weight is 434 g/mol. The third kappa shape index (κ3) is 3.92. The highest BCUT2D eigenvalue weighted by molar-refractivity contribution is 7.80. The van der Waals surface area contributed by atoms with Gasteiger partial charge < -0.3 is 19.4 Å². The lowest BCUT2D eigenvalue weighted by atomic mass is 10.0. The highest BCUT2D eigenvalue weighted by Crippen LogP contribution is 2.44. The Morgan fingerprint density at radius 2 is 1.90 bits per heavy atom. The summed E-state index contributed by atoms with van der Waals surface area (Å²) in [5.74, 6) is 2.63. The molecule has 1 N–H and O–H groups in total. The van der Waals surface area contributed by atoms with Crippen LogP contribution in [-0.2, 0) is 0 Å². The van der Waals surface area contributed by atoms with Crippen molar-refractivity contribution in [3.05, 3.63) is 72.2 Å². The van der Waals surface area contributed by atoms with Gasteiger partial charge in [-0.1, -0.05) is 18.9 Å². The number of benzene rings is 1. The summed E-state index contributed by atoms with van der Waals surface area (Å²) in [6.45, 7) is 2.64. The van der Waals surface area contributed by atoms with Crippen LogP contribution in [0.5, 0.6) is 5.75 Å². The molecule has 0 amide bonds. The number of ether oxygens (including phenoxy) is 1.